The molecular weight excluding hydrogens is 392 g/mol. The summed E-state index contributed by atoms with van der Waals surface area (Å²) in [4.78, 5) is 30.7. The number of para-hydroxylation sites is 1. The Labute approximate surface area is 181 Å². The van der Waals surface area contributed by atoms with Crippen LogP contribution in [0.5, 0.6) is 5.75 Å². The molecule has 2 N–H and O–H groups in total. The first-order chi connectivity index (χ1) is 15.1. The number of nitrogens with zero attached hydrogens (tertiary/aromatic N) is 1. The van der Waals surface area contributed by atoms with Crippen molar-refractivity contribution >= 4 is 28.4 Å². The number of unbranched alkanes of at least 4 members (excludes halogenated alkanes) is 1. The van der Waals surface area contributed by atoms with Crippen LogP contribution >= 0.6 is 0 Å². The summed E-state index contributed by atoms with van der Waals surface area (Å²) in [6.07, 6.45) is 3.34. The molecular formula is C25H26N2O4. The lowest BCUT2D eigenvalue weighted by Gasteiger charge is -2.25. The fraction of sp³-hybridized carbons (Fsp3) is 0.280. The van der Waals surface area contributed by atoms with Gasteiger partial charge in [-0.25, -0.2) is 0 Å². The molecule has 6 heteroatoms. The van der Waals surface area contributed by atoms with E-state index in [1.807, 2.05) is 62.4 Å². The van der Waals surface area contributed by atoms with Crippen molar-refractivity contribution in [3.8, 4) is 5.75 Å². The Bertz CT molecular complexity index is 1140. The van der Waals surface area contributed by atoms with Crippen LogP contribution in [0, 0.1) is 0 Å². The lowest BCUT2D eigenvalue weighted by Crippen LogP contribution is -2.30. The molecule has 0 saturated carbocycles. The Balaban J connectivity index is 1.86. The number of aliphatic hydroxyl groups is 1. The molecule has 0 spiro atoms. The normalized spacial score (nSPS) is 18.1. The summed E-state index contributed by atoms with van der Waals surface area (Å²) in [5, 5.41) is 12.0. The molecule has 1 unspecified atom stereocenters. The predicted molar refractivity (Wildman–Crippen MR) is 120 cm³/mol. The molecule has 1 amide bonds. The van der Waals surface area contributed by atoms with E-state index in [-0.39, 0.29) is 11.3 Å². The minimum absolute atomic E-state index is 0.120. The summed E-state index contributed by atoms with van der Waals surface area (Å²) in [5.74, 6) is -0.673. The number of likely N-dealkylation sites (tertiary alicyclic amines) is 1. The number of rotatable bonds is 7. The van der Waals surface area contributed by atoms with E-state index in [9.17, 15) is 14.7 Å². The van der Waals surface area contributed by atoms with Gasteiger partial charge in [-0.2, -0.15) is 0 Å². The highest BCUT2D eigenvalue weighted by molar-refractivity contribution is 6.46. The van der Waals surface area contributed by atoms with Gasteiger partial charge in [0.1, 0.15) is 11.5 Å². The number of H-pyrrole nitrogens is 1. The summed E-state index contributed by atoms with van der Waals surface area (Å²) < 4.78 is 5.53. The minimum Gasteiger partial charge on any atom is -0.507 e. The van der Waals surface area contributed by atoms with Crippen LogP contribution in [0.1, 0.15) is 43.9 Å². The second kappa shape index (κ2) is 8.68. The molecule has 4 rings (SSSR count). The highest BCUT2D eigenvalue weighted by Gasteiger charge is 2.45. The van der Waals surface area contributed by atoms with E-state index >= 15 is 0 Å². The standard InChI is InChI=1S/C25H26N2O4/c1-3-5-14-27-22(16-10-12-17(13-11-16)31-4-2)21(24(29)25(27)30)23(28)19-15-26-20-9-7-6-8-18(19)20/h6-13,15,22,26,28H,3-5,14H2,1-2H3/b23-21-. The Kier molecular flexibility index (Phi) is 5.80. The number of carbonyl (C=O) groups excluding carboxylic acids is 2. The van der Waals surface area contributed by atoms with Gasteiger partial charge in [-0.1, -0.05) is 43.7 Å². The maximum Gasteiger partial charge on any atom is 0.295 e. The van der Waals surface area contributed by atoms with Crippen molar-refractivity contribution in [2.24, 2.45) is 0 Å². The van der Waals surface area contributed by atoms with Crippen LogP contribution in [0.2, 0.25) is 0 Å². The van der Waals surface area contributed by atoms with Crippen LogP contribution in [-0.4, -0.2) is 39.8 Å². The zero-order valence-electron chi connectivity index (χ0n) is 17.7. The van der Waals surface area contributed by atoms with Gasteiger partial charge in [0.2, 0.25) is 0 Å². The Morgan fingerprint density at radius 1 is 1.10 bits per heavy atom. The van der Waals surface area contributed by atoms with Crippen molar-refractivity contribution < 1.29 is 19.4 Å². The van der Waals surface area contributed by atoms with Gasteiger partial charge in [0.15, 0.2) is 0 Å². The fourth-order valence-electron chi connectivity index (χ4n) is 4.11. The molecule has 2 heterocycles. The molecule has 160 valence electrons. The first-order valence-corrected chi connectivity index (χ1v) is 10.6. The molecule has 0 radical (unpaired) electrons. The molecule has 31 heavy (non-hydrogen) atoms. The summed E-state index contributed by atoms with van der Waals surface area (Å²) in [7, 11) is 0. The Hall–Kier alpha value is -3.54. The van der Waals surface area contributed by atoms with Gasteiger partial charge < -0.3 is 19.7 Å². The monoisotopic (exact) mass is 418 g/mol. The van der Waals surface area contributed by atoms with Crippen LogP contribution in [-0.2, 0) is 9.59 Å². The molecule has 6 nitrogen and oxygen atoms in total. The first kappa shape index (κ1) is 20.7. The van der Waals surface area contributed by atoms with E-state index in [2.05, 4.69) is 4.98 Å². The van der Waals surface area contributed by atoms with Crippen molar-refractivity contribution in [2.45, 2.75) is 32.7 Å². The van der Waals surface area contributed by atoms with E-state index < -0.39 is 17.7 Å². The largest absolute Gasteiger partial charge is 0.507 e. The van der Waals surface area contributed by atoms with Gasteiger partial charge in [-0.05, 0) is 37.1 Å². The van der Waals surface area contributed by atoms with Crippen LogP contribution in [0.4, 0.5) is 0 Å². The number of ketones is 1. The molecule has 1 atom stereocenters. The number of hydrogen-bond donors (Lipinski definition) is 2. The quantitative estimate of drug-likeness (QED) is 0.328. The maximum absolute atomic E-state index is 13.1. The number of aromatic nitrogens is 1. The van der Waals surface area contributed by atoms with Crippen molar-refractivity contribution in [1.29, 1.82) is 0 Å². The average Bonchev–Trinajstić information content (AvgIpc) is 3.32. The van der Waals surface area contributed by atoms with Crippen LogP contribution in [0.25, 0.3) is 16.7 Å². The third kappa shape index (κ3) is 3.69. The van der Waals surface area contributed by atoms with E-state index in [4.69, 9.17) is 4.74 Å². The number of fused-ring (bicyclic) bond motifs is 1. The molecule has 1 aromatic heterocycles. The lowest BCUT2D eigenvalue weighted by molar-refractivity contribution is -0.139. The second-order valence-corrected chi connectivity index (χ2v) is 7.60. The van der Waals surface area contributed by atoms with Gasteiger partial charge in [0.25, 0.3) is 11.7 Å². The number of hydrogen-bond acceptors (Lipinski definition) is 4. The Morgan fingerprint density at radius 3 is 2.55 bits per heavy atom. The fourth-order valence-corrected chi connectivity index (χ4v) is 4.11. The predicted octanol–water partition coefficient (Wildman–Crippen LogP) is 4.79. The number of carbonyl (C=O) groups is 2. The second-order valence-electron chi connectivity index (χ2n) is 7.60. The molecule has 0 aliphatic carbocycles. The minimum atomic E-state index is -0.655. The molecule has 1 saturated heterocycles. The molecule has 3 aromatic rings. The van der Waals surface area contributed by atoms with Gasteiger partial charge >= 0.3 is 0 Å². The van der Waals surface area contributed by atoms with Gasteiger partial charge in [0.05, 0.1) is 18.2 Å². The lowest BCUT2D eigenvalue weighted by atomic mass is 9.95. The summed E-state index contributed by atoms with van der Waals surface area (Å²) in [6, 6.07) is 14.2. The summed E-state index contributed by atoms with van der Waals surface area (Å²) >= 11 is 0. The highest BCUT2D eigenvalue weighted by Crippen LogP contribution is 2.41. The van der Waals surface area contributed by atoms with E-state index in [0.29, 0.717) is 24.5 Å². The average molecular weight is 418 g/mol. The third-order valence-corrected chi connectivity index (χ3v) is 5.64. The maximum atomic E-state index is 13.1. The molecule has 1 fully saturated rings. The molecule has 1 aliphatic rings. The van der Waals surface area contributed by atoms with Crippen LogP contribution in [0.15, 0.2) is 60.3 Å². The topological polar surface area (TPSA) is 82.6 Å². The van der Waals surface area contributed by atoms with Gasteiger partial charge in [-0.15, -0.1) is 0 Å². The molecule has 2 aromatic carbocycles. The third-order valence-electron chi connectivity index (χ3n) is 5.64. The Morgan fingerprint density at radius 2 is 1.84 bits per heavy atom. The number of Topliss-reactive ketones (excluding diaryl/α,β-unsaturated/α-hetero) is 1. The number of amides is 1. The molecule has 0 bridgehead atoms. The molecule has 1 aliphatic heterocycles. The first-order valence-electron chi connectivity index (χ1n) is 10.6. The van der Waals surface area contributed by atoms with Crippen molar-refractivity contribution in [3.05, 3.63) is 71.4 Å². The van der Waals surface area contributed by atoms with Crippen molar-refractivity contribution in [1.82, 2.24) is 9.88 Å². The van der Waals surface area contributed by atoms with E-state index in [1.54, 1.807) is 11.1 Å². The zero-order chi connectivity index (χ0) is 22.0. The number of ether oxygens (including phenoxy) is 1. The summed E-state index contributed by atoms with van der Waals surface area (Å²) in [6.45, 7) is 4.95. The number of benzene rings is 2. The number of aliphatic hydroxyl groups excluding tert-OH is 1. The van der Waals surface area contributed by atoms with Crippen LogP contribution < -0.4 is 4.74 Å². The summed E-state index contributed by atoms with van der Waals surface area (Å²) in [5.41, 5.74) is 2.25. The zero-order valence-corrected chi connectivity index (χ0v) is 17.7. The number of aromatic amines is 1. The van der Waals surface area contributed by atoms with Crippen molar-refractivity contribution in [2.75, 3.05) is 13.2 Å². The van der Waals surface area contributed by atoms with E-state index in [1.165, 1.54) is 0 Å². The van der Waals surface area contributed by atoms with Gasteiger partial charge in [-0.3, -0.25) is 9.59 Å². The van der Waals surface area contributed by atoms with Crippen molar-refractivity contribution in [3.63, 3.8) is 0 Å². The smallest absolute Gasteiger partial charge is 0.295 e. The highest BCUT2D eigenvalue weighted by atomic mass is 16.5. The van der Waals surface area contributed by atoms with Crippen LogP contribution in [0.3, 0.4) is 0 Å². The number of nitrogens with one attached hydrogen (secondary N) is 1. The van der Waals surface area contributed by atoms with E-state index in [0.717, 1.165) is 29.3 Å². The van der Waals surface area contributed by atoms with Gasteiger partial charge in [0, 0.05) is 29.2 Å². The SMILES string of the molecule is CCCCN1C(=O)C(=O)/C(=C(\O)c2c[nH]c3ccccc23)C1c1ccc(OCC)cc1.